The Labute approximate surface area is 361 Å². The van der Waals surface area contributed by atoms with E-state index >= 15 is 0 Å². The minimum atomic E-state index is -1.88. The lowest BCUT2D eigenvalue weighted by Gasteiger charge is -2.48. The molecule has 14 N–H and O–H groups in total. The summed E-state index contributed by atoms with van der Waals surface area (Å²) in [6.07, 6.45) is -44.4. The number of ether oxygens (including phenoxy) is 14. The first kappa shape index (κ1) is 47.9. The van der Waals surface area contributed by atoms with Gasteiger partial charge in [-0.1, -0.05) is 0 Å². The van der Waals surface area contributed by atoms with Gasteiger partial charge in [-0.25, -0.2) is 0 Å². The van der Waals surface area contributed by atoms with Crippen molar-refractivity contribution >= 4 is 0 Å². The molecule has 9 rings (SSSR count). The van der Waals surface area contributed by atoms with Gasteiger partial charge in [0.05, 0.1) is 39.6 Å². The maximum absolute atomic E-state index is 11.5. The van der Waals surface area contributed by atoms with Gasteiger partial charge in [-0.3, -0.25) is 0 Å². The van der Waals surface area contributed by atoms with Crippen molar-refractivity contribution in [1.82, 2.24) is 0 Å². The number of aliphatic hydroxyl groups is 14. The molecule has 0 aromatic rings. The van der Waals surface area contributed by atoms with Gasteiger partial charge < -0.3 is 138 Å². The van der Waals surface area contributed by atoms with Gasteiger partial charge in [0.25, 0.3) is 0 Å². The third-order valence-electron chi connectivity index (χ3n) is 13.2. The first-order chi connectivity index (χ1) is 30.6. The van der Waals surface area contributed by atoms with Crippen molar-refractivity contribution in [2.45, 2.75) is 184 Å². The number of fused-ring (bicyclic) bond motifs is 6. The Hall–Kier alpha value is -1.12. The molecule has 0 aromatic heterocycles. The lowest BCUT2D eigenvalue weighted by molar-refractivity contribution is -0.380. The fraction of sp³-hybridized carbons (Fsp3) is 1.00. The summed E-state index contributed by atoms with van der Waals surface area (Å²) in [7, 11) is 0. The summed E-state index contributed by atoms with van der Waals surface area (Å²) >= 11 is 0. The molecule has 0 radical (unpaired) electrons. The van der Waals surface area contributed by atoms with Crippen molar-refractivity contribution < 1.29 is 138 Å². The van der Waals surface area contributed by atoms with Crippen LogP contribution in [0.25, 0.3) is 0 Å². The molecule has 1 unspecified atom stereocenters. The molecule has 0 saturated carbocycles. The molecule has 0 aliphatic carbocycles. The zero-order valence-corrected chi connectivity index (χ0v) is 33.5. The number of rotatable bonds is 13. The highest BCUT2D eigenvalue weighted by atomic mass is 16.8. The summed E-state index contributed by atoms with van der Waals surface area (Å²) in [5.41, 5.74) is 0. The third kappa shape index (κ3) is 8.54. The fourth-order valence-electron chi connectivity index (χ4n) is 9.61. The lowest BCUT2D eigenvalue weighted by Crippen LogP contribution is -2.66. The standard InChI is InChI=1S/C36H56O28/c37-1-7-13(40)26(17(44)31(50)54-7)62-35-21(48)29-23(11(58-35)5-52-29)60-34-20(47)28(15(42)9(3-39)56-34)64-36-22(49)30-24(12(59-36)6-53-30)61-33-19(46)27(14(41)8(2-38)55-33)63-32-18(45)25-16(43)10(57-32)4-51-25/h7-50H,1-6H2/t7-,8-,9-,10+,11+,12+,13+,14+,15+,16-,17-,18+,19-,20-,21+,22+,23-,24-,25-,26+,27+,28+,29+,30+,31?,32+,33+,34+,35+,36+/m1/s1. The molecule has 6 bridgehead atoms. The van der Waals surface area contributed by atoms with Crippen molar-refractivity contribution in [3.05, 3.63) is 0 Å². The lowest BCUT2D eigenvalue weighted by atomic mass is 9.96. The van der Waals surface area contributed by atoms with E-state index in [1.54, 1.807) is 0 Å². The van der Waals surface area contributed by atoms with Crippen molar-refractivity contribution in [3.63, 3.8) is 0 Å². The van der Waals surface area contributed by atoms with Crippen molar-refractivity contribution in [2.75, 3.05) is 39.6 Å². The second kappa shape index (κ2) is 19.3. The summed E-state index contributed by atoms with van der Waals surface area (Å²) in [5, 5.41) is 149. The van der Waals surface area contributed by atoms with E-state index < -0.39 is 204 Å². The molecular weight excluding hydrogens is 880 g/mol. The molecule has 9 heterocycles. The van der Waals surface area contributed by atoms with Crippen LogP contribution >= 0.6 is 0 Å². The largest absolute Gasteiger partial charge is 0.394 e. The summed E-state index contributed by atoms with van der Waals surface area (Å²) in [5.74, 6) is 0. The highest BCUT2D eigenvalue weighted by Gasteiger charge is 2.61. The summed E-state index contributed by atoms with van der Waals surface area (Å²) in [6, 6.07) is 0. The molecule has 0 aromatic carbocycles. The van der Waals surface area contributed by atoms with Crippen LogP contribution in [0, 0.1) is 0 Å². The zero-order valence-electron chi connectivity index (χ0n) is 33.5. The van der Waals surface area contributed by atoms with Crippen LogP contribution in [-0.2, 0) is 66.3 Å². The minimum absolute atomic E-state index is 0.0399. The Balaban J connectivity index is 0.831. The van der Waals surface area contributed by atoms with E-state index in [-0.39, 0.29) is 19.8 Å². The van der Waals surface area contributed by atoms with E-state index in [9.17, 15) is 71.5 Å². The van der Waals surface area contributed by atoms with Gasteiger partial charge in [0.2, 0.25) is 0 Å². The maximum atomic E-state index is 11.5. The van der Waals surface area contributed by atoms with Gasteiger partial charge in [-0.15, -0.1) is 0 Å². The Morgan fingerprint density at radius 3 is 1.08 bits per heavy atom. The van der Waals surface area contributed by atoms with Crippen molar-refractivity contribution in [2.24, 2.45) is 0 Å². The van der Waals surface area contributed by atoms with E-state index in [0.29, 0.717) is 0 Å². The van der Waals surface area contributed by atoms with Crippen LogP contribution in [0.15, 0.2) is 0 Å². The molecule has 0 amide bonds. The van der Waals surface area contributed by atoms with Crippen LogP contribution in [0.1, 0.15) is 0 Å². The van der Waals surface area contributed by atoms with Crippen molar-refractivity contribution in [3.8, 4) is 0 Å². The SMILES string of the molecule is OC[C@H]1O[C@@H](O[C@H]2[C@H]3OC[C@@H]2O[C@@H](O[C@H]2[C@@H](O)[C@@H](CO)O[C@@H](O[C@H]4[C@H]5OC[C@@H]4O[C@@H](O[C@H]4[C@@H](O)[C@@H](CO)OC(O)[C@@H]4O)[C@H]5O)[C@@H]2O)[C@H]3O)[C@H](O)[C@@H](O[C@@H]2O[C@H]3CO[C@@H]([C@@H]2O)[C@@H]3O)[C@H]1O. The third-order valence-corrected chi connectivity index (χ3v) is 13.2. The predicted octanol–water partition coefficient (Wildman–Crippen LogP) is -11.0. The molecule has 28 heteroatoms. The van der Waals surface area contributed by atoms with Gasteiger partial charge in [0.1, 0.15) is 146 Å². The number of aliphatic hydroxyl groups excluding tert-OH is 14. The average Bonchev–Trinajstić information content (AvgIpc) is 3.87. The Bertz CT molecular complexity index is 1560. The van der Waals surface area contributed by atoms with Crippen LogP contribution in [0.5, 0.6) is 0 Å². The molecule has 30 atom stereocenters. The molecule has 9 fully saturated rings. The van der Waals surface area contributed by atoms with E-state index in [0.717, 1.165) is 0 Å². The molecular formula is C36H56O28. The molecule has 9 aliphatic heterocycles. The summed E-state index contributed by atoms with van der Waals surface area (Å²) < 4.78 is 80.0. The molecule has 64 heavy (non-hydrogen) atoms. The smallest absolute Gasteiger partial charge is 0.187 e. The quantitative estimate of drug-likeness (QED) is 0.0815. The first-order valence-corrected chi connectivity index (χ1v) is 21.0. The topological polar surface area (TPSA) is 412 Å². The first-order valence-electron chi connectivity index (χ1n) is 21.0. The molecule has 28 nitrogen and oxygen atoms in total. The van der Waals surface area contributed by atoms with E-state index in [1.165, 1.54) is 0 Å². The van der Waals surface area contributed by atoms with Crippen LogP contribution in [0.2, 0.25) is 0 Å². The van der Waals surface area contributed by atoms with Crippen molar-refractivity contribution in [1.29, 1.82) is 0 Å². The van der Waals surface area contributed by atoms with Gasteiger partial charge in [-0.2, -0.15) is 0 Å². The number of hydrogen-bond donors (Lipinski definition) is 14. The molecule has 0 spiro atoms. The predicted molar refractivity (Wildman–Crippen MR) is 189 cm³/mol. The van der Waals surface area contributed by atoms with Gasteiger partial charge in [0, 0.05) is 0 Å². The Morgan fingerprint density at radius 2 is 0.641 bits per heavy atom. The maximum Gasteiger partial charge on any atom is 0.187 e. The van der Waals surface area contributed by atoms with Gasteiger partial charge in [0.15, 0.2) is 37.7 Å². The molecule has 368 valence electrons. The summed E-state index contributed by atoms with van der Waals surface area (Å²) in [6.45, 7) is -2.74. The van der Waals surface area contributed by atoms with Gasteiger partial charge >= 0.3 is 0 Å². The van der Waals surface area contributed by atoms with Crippen LogP contribution < -0.4 is 0 Å². The highest BCUT2D eigenvalue weighted by Crippen LogP contribution is 2.41. The summed E-state index contributed by atoms with van der Waals surface area (Å²) in [4.78, 5) is 0. The van der Waals surface area contributed by atoms with Crippen LogP contribution in [0.3, 0.4) is 0 Å². The van der Waals surface area contributed by atoms with E-state index in [1.807, 2.05) is 0 Å². The van der Waals surface area contributed by atoms with Crippen LogP contribution in [0.4, 0.5) is 0 Å². The highest BCUT2D eigenvalue weighted by molar-refractivity contribution is 5.03. The van der Waals surface area contributed by atoms with Crippen LogP contribution in [-0.4, -0.2) is 295 Å². The minimum Gasteiger partial charge on any atom is -0.394 e. The Kier molecular flexibility index (Phi) is 14.5. The fourth-order valence-corrected chi connectivity index (χ4v) is 9.61. The molecule has 9 aliphatic rings. The van der Waals surface area contributed by atoms with E-state index in [4.69, 9.17) is 66.3 Å². The normalized spacial score (nSPS) is 57.3. The monoisotopic (exact) mass is 936 g/mol. The second-order valence-electron chi connectivity index (χ2n) is 17.1. The zero-order chi connectivity index (χ0) is 45.5. The average molecular weight is 937 g/mol. The van der Waals surface area contributed by atoms with E-state index in [2.05, 4.69) is 0 Å². The molecule has 9 saturated heterocycles. The van der Waals surface area contributed by atoms with Gasteiger partial charge in [-0.05, 0) is 0 Å². The number of hydrogen-bond acceptors (Lipinski definition) is 28. The second-order valence-corrected chi connectivity index (χ2v) is 17.1. The Morgan fingerprint density at radius 1 is 0.312 bits per heavy atom.